The number of carbonyl (C=O) groups is 1. The number of hydrogen-bond donors (Lipinski definition) is 2. The first-order chi connectivity index (χ1) is 12.9. The minimum absolute atomic E-state index is 0.0735. The molecule has 0 unspecified atom stereocenters. The molecule has 0 saturated heterocycles. The number of ether oxygens (including phenoxy) is 1. The van der Waals surface area contributed by atoms with Crippen LogP contribution in [0.1, 0.15) is 16.1 Å². The highest BCUT2D eigenvalue weighted by molar-refractivity contribution is 7.93. The molecule has 2 aromatic carbocycles. The smallest absolute Gasteiger partial charge is 0.275 e. The number of aromatic nitrogens is 1. The van der Waals surface area contributed by atoms with Gasteiger partial charge in [0.1, 0.15) is 11.4 Å². The lowest BCUT2D eigenvalue weighted by Gasteiger charge is -2.07. The molecule has 0 spiro atoms. The second-order valence-corrected chi connectivity index (χ2v) is 8.13. The standard InChI is InChI=1S/C18H17N3O4S2/c1-12-5-3-4-6-15(12)19-17(22)16-11-26-18(20-16)21-27(23,24)14-9-7-13(25-2)8-10-14/h3-11H,1-2H3,(H,19,22)(H,20,21). The van der Waals surface area contributed by atoms with Gasteiger partial charge >= 0.3 is 0 Å². The van der Waals surface area contributed by atoms with Gasteiger partial charge in [0.15, 0.2) is 5.13 Å². The molecule has 0 aliphatic carbocycles. The van der Waals surface area contributed by atoms with Crippen molar-refractivity contribution in [2.75, 3.05) is 17.1 Å². The maximum atomic E-state index is 12.4. The van der Waals surface area contributed by atoms with E-state index in [1.807, 2.05) is 25.1 Å². The number of nitrogens with zero attached hydrogens (tertiary/aromatic N) is 1. The largest absolute Gasteiger partial charge is 0.497 e. The van der Waals surface area contributed by atoms with Gasteiger partial charge in [-0.25, -0.2) is 13.4 Å². The zero-order valence-corrected chi connectivity index (χ0v) is 16.2. The molecule has 0 aliphatic rings. The zero-order chi connectivity index (χ0) is 19.4. The first-order valence-corrected chi connectivity index (χ1v) is 10.2. The molecule has 140 valence electrons. The molecule has 0 saturated carbocycles. The van der Waals surface area contributed by atoms with Gasteiger partial charge in [-0.3, -0.25) is 9.52 Å². The number of methoxy groups -OCH3 is 1. The zero-order valence-electron chi connectivity index (χ0n) is 14.6. The Labute approximate surface area is 161 Å². The quantitative estimate of drug-likeness (QED) is 0.656. The van der Waals surface area contributed by atoms with Crippen molar-refractivity contribution >= 4 is 38.1 Å². The molecule has 3 aromatic rings. The Hall–Kier alpha value is -2.91. The van der Waals surface area contributed by atoms with Crippen LogP contribution in [-0.2, 0) is 10.0 Å². The van der Waals surface area contributed by atoms with Gasteiger partial charge in [-0.15, -0.1) is 11.3 Å². The molecule has 3 rings (SSSR count). The van der Waals surface area contributed by atoms with Crippen molar-refractivity contribution < 1.29 is 17.9 Å². The van der Waals surface area contributed by atoms with Crippen LogP contribution in [0.5, 0.6) is 5.75 Å². The van der Waals surface area contributed by atoms with Crippen molar-refractivity contribution in [2.24, 2.45) is 0 Å². The van der Waals surface area contributed by atoms with E-state index >= 15 is 0 Å². The van der Waals surface area contributed by atoms with Gasteiger partial charge < -0.3 is 10.1 Å². The van der Waals surface area contributed by atoms with E-state index in [-0.39, 0.29) is 15.7 Å². The Morgan fingerprint density at radius 3 is 2.48 bits per heavy atom. The van der Waals surface area contributed by atoms with Gasteiger partial charge in [-0.05, 0) is 42.8 Å². The predicted molar refractivity (Wildman–Crippen MR) is 105 cm³/mol. The predicted octanol–water partition coefficient (Wildman–Crippen LogP) is 3.51. The fraction of sp³-hybridized carbons (Fsp3) is 0.111. The van der Waals surface area contributed by atoms with E-state index in [9.17, 15) is 13.2 Å². The third kappa shape index (κ3) is 4.44. The number of benzene rings is 2. The van der Waals surface area contributed by atoms with Crippen molar-refractivity contribution in [1.82, 2.24) is 4.98 Å². The summed E-state index contributed by atoms with van der Waals surface area (Å²) in [5.41, 5.74) is 1.73. The third-order valence-corrected chi connectivity index (χ3v) is 5.96. The Bertz CT molecular complexity index is 1060. The molecule has 1 heterocycles. The molecular weight excluding hydrogens is 386 g/mol. The second kappa shape index (κ2) is 7.77. The SMILES string of the molecule is COc1ccc(S(=O)(=O)Nc2nc(C(=O)Nc3ccccc3C)cs2)cc1. The van der Waals surface area contributed by atoms with E-state index in [1.54, 1.807) is 18.2 Å². The molecule has 0 aliphatic heterocycles. The molecule has 9 heteroatoms. The van der Waals surface area contributed by atoms with Crippen molar-refractivity contribution in [3.63, 3.8) is 0 Å². The minimum atomic E-state index is -3.81. The summed E-state index contributed by atoms with van der Waals surface area (Å²) >= 11 is 1.03. The average molecular weight is 403 g/mol. The third-order valence-electron chi connectivity index (χ3n) is 3.72. The number of hydrogen-bond acceptors (Lipinski definition) is 6. The molecule has 1 amide bonds. The molecule has 27 heavy (non-hydrogen) atoms. The van der Waals surface area contributed by atoms with Crippen molar-refractivity contribution in [2.45, 2.75) is 11.8 Å². The van der Waals surface area contributed by atoms with Crippen LogP contribution in [0.15, 0.2) is 58.8 Å². The highest BCUT2D eigenvalue weighted by atomic mass is 32.2. The summed E-state index contributed by atoms with van der Waals surface area (Å²) in [5, 5.41) is 4.37. The number of carbonyl (C=O) groups excluding carboxylic acids is 1. The second-order valence-electron chi connectivity index (χ2n) is 5.59. The Morgan fingerprint density at radius 2 is 1.81 bits per heavy atom. The molecule has 2 N–H and O–H groups in total. The lowest BCUT2D eigenvalue weighted by Crippen LogP contribution is -2.15. The molecule has 0 fully saturated rings. The van der Waals surface area contributed by atoms with Gasteiger partial charge in [0.05, 0.1) is 12.0 Å². The van der Waals surface area contributed by atoms with Gasteiger partial charge in [-0.2, -0.15) is 0 Å². The first-order valence-electron chi connectivity index (χ1n) is 7.88. The van der Waals surface area contributed by atoms with Crippen LogP contribution in [0.3, 0.4) is 0 Å². The topological polar surface area (TPSA) is 97.4 Å². The molecule has 0 radical (unpaired) electrons. The Balaban J connectivity index is 1.73. The highest BCUT2D eigenvalue weighted by Gasteiger charge is 2.18. The van der Waals surface area contributed by atoms with Crippen LogP contribution in [0.25, 0.3) is 0 Å². The van der Waals surface area contributed by atoms with Gasteiger partial charge in [-0.1, -0.05) is 18.2 Å². The number of nitrogens with one attached hydrogen (secondary N) is 2. The fourth-order valence-corrected chi connectivity index (χ4v) is 4.20. The van der Waals surface area contributed by atoms with Crippen LogP contribution < -0.4 is 14.8 Å². The van der Waals surface area contributed by atoms with E-state index < -0.39 is 15.9 Å². The lowest BCUT2D eigenvalue weighted by molar-refractivity contribution is 0.102. The van der Waals surface area contributed by atoms with Crippen LogP contribution >= 0.6 is 11.3 Å². The lowest BCUT2D eigenvalue weighted by atomic mass is 10.2. The molecule has 0 atom stereocenters. The van der Waals surface area contributed by atoms with Crippen LogP contribution in [0, 0.1) is 6.92 Å². The summed E-state index contributed by atoms with van der Waals surface area (Å²) in [7, 11) is -2.30. The number of rotatable bonds is 6. The molecule has 0 bridgehead atoms. The number of para-hydroxylation sites is 1. The summed E-state index contributed by atoms with van der Waals surface area (Å²) in [5.74, 6) is 0.147. The number of sulfonamides is 1. The number of aryl methyl sites for hydroxylation is 1. The maximum absolute atomic E-state index is 12.4. The highest BCUT2D eigenvalue weighted by Crippen LogP contribution is 2.23. The molecular formula is C18H17N3O4S2. The normalized spacial score (nSPS) is 11.0. The van der Waals surface area contributed by atoms with E-state index in [2.05, 4.69) is 15.0 Å². The maximum Gasteiger partial charge on any atom is 0.275 e. The Kier molecular flexibility index (Phi) is 5.43. The summed E-state index contributed by atoms with van der Waals surface area (Å²) in [6.07, 6.45) is 0. The fourth-order valence-electron chi connectivity index (χ4n) is 2.25. The summed E-state index contributed by atoms with van der Waals surface area (Å²) in [4.78, 5) is 16.5. The van der Waals surface area contributed by atoms with Gasteiger partial charge in [0, 0.05) is 11.1 Å². The van der Waals surface area contributed by atoms with E-state index in [1.165, 1.54) is 24.6 Å². The number of amides is 1. The van der Waals surface area contributed by atoms with E-state index in [0.717, 1.165) is 16.9 Å². The van der Waals surface area contributed by atoms with Crippen molar-refractivity contribution in [1.29, 1.82) is 0 Å². The molecule has 7 nitrogen and oxygen atoms in total. The van der Waals surface area contributed by atoms with Crippen LogP contribution in [0.4, 0.5) is 10.8 Å². The van der Waals surface area contributed by atoms with E-state index in [0.29, 0.717) is 11.4 Å². The number of thiazole rings is 1. The van der Waals surface area contributed by atoms with E-state index in [4.69, 9.17) is 4.74 Å². The molecule has 1 aromatic heterocycles. The van der Waals surface area contributed by atoms with Gasteiger partial charge in [0.2, 0.25) is 0 Å². The number of anilines is 2. The van der Waals surface area contributed by atoms with Gasteiger partial charge in [0.25, 0.3) is 15.9 Å². The van der Waals surface area contributed by atoms with Crippen LogP contribution in [-0.4, -0.2) is 26.4 Å². The monoisotopic (exact) mass is 403 g/mol. The summed E-state index contributed by atoms with van der Waals surface area (Å²) in [6.45, 7) is 1.88. The Morgan fingerprint density at radius 1 is 1.11 bits per heavy atom. The summed E-state index contributed by atoms with van der Waals surface area (Å²) < 4.78 is 32.3. The first kappa shape index (κ1) is 18.9. The minimum Gasteiger partial charge on any atom is -0.497 e. The van der Waals surface area contributed by atoms with Crippen molar-refractivity contribution in [3.05, 3.63) is 65.2 Å². The summed E-state index contributed by atoms with van der Waals surface area (Å²) in [6, 6.07) is 13.3. The average Bonchev–Trinajstić information content (AvgIpc) is 3.11. The van der Waals surface area contributed by atoms with Crippen molar-refractivity contribution in [3.8, 4) is 5.75 Å². The van der Waals surface area contributed by atoms with Crippen LogP contribution in [0.2, 0.25) is 0 Å².